The quantitative estimate of drug-likeness (QED) is 0.784. The van der Waals surface area contributed by atoms with Crippen LogP contribution in [-0.4, -0.2) is 32.1 Å². The first-order chi connectivity index (χ1) is 12.3. The molecule has 1 unspecified atom stereocenters. The van der Waals surface area contributed by atoms with Crippen LogP contribution in [-0.2, 0) is 27.7 Å². The summed E-state index contributed by atoms with van der Waals surface area (Å²) in [5.74, 6) is -0.580. The number of aryl methyl sites for hydroxylation is 1. The lowest BCUT2D eigenvalue weighted by Gasteiger charge is -2.25. The van der Waals surface area contributed by atoms with Crippen molar-refractivity contribution in [2.75, 3.05) is 6.61 Å². The Morgan fingerprint density at radius 1 is 1.19 bits per heavy atom. The standard InChI is InChI=1S/C18H18ClNO5S/c19-14-3-7-17(8-4-14)26(23,24)20-15-5-1-12-2-6-16(10-13(12)9-15)25-11-18(21)22/h2-4,6-8,10,15,20H,1,5,9,11H2,(H,21,22). The van der Waals surface area contributed by atoms with E-state index in [1.165, 1.54) is 12.1 Å². The number of halogens is 1. The first kappa shape index (κ1) is 18.7. The first-order valence-electron chi connectivity index (χ1n) is 8.08. The Kier molecular flexibility index (Phi) is 5.50. The monoisotopic (exact) mass is 395 g/mol. The Hall–Kier alpha value is -2.09. The van der Waals surface area contributed by atoms with Gasteiger partial charge >= 0.3 is 5.97 Å². The fourth-order valence-electron chi connectivity index (χ4n) is 2.97. The molecule has 138 valence electrons. The van der Waals surface area contributed by atoms with Crippen LogP contribution < -0.4 is 9.46 Å². The summed E-state index contributed by atoms with van der Waals surface area (Å²) in [5, 5.41) is 9.17. The van der Waals surface area contributed by atoms with Gasteiger partial charge in [-0.15, -0.1) is 0 Å². The van der Waals surface area contributed by atoms with Crippen LogP contribution in [0.1, 0.15) is 17.5 Å². The average molecular weight is 396 g/mol. The largest absolute Gasteiger partial charge is 0.482 e. The molecule has 2 aromatic carbocycles. The minimum absolute atomic E-state index is 0.172. The molecule has 0 saturated heterocycles. The number of hydrogen-bond donors (Lipinski definition) is 2. The van der Waals surface area contributed by atoms with E-state index in [-0.39, 0.29) is 10.9 Å². The summed E-state index contributed by atoms with van der Waals surface area (Å²) in [5.41, 5.74) is 2.08. The fraction of sp³-hybridized carbons (Fsp3) is 0.278. The molecule has 0 heterocycles. The molecule has 3 rings (SSSR count). The number of carboxylic acid groups (broad SMARTS) is 1. The Bertz CT molecular complexity index is 912. The maximum absolute atomic E-state index is 12.5. The third-order valence-electron chi connectivity index (χ3n) is 4.21. The second-order valence-corrected chi connectivity index (χ2v) is 8.28. The molecule has 0 aliphatic heterocycles. The van der Waals surface area contributed by atoms with Crippen molar-refractivity contribution < 1.29 is 23.1 Å². The number of hydrogen-bond acceptors (Lipinski definition) is 4. The highest BCUT2D eigenvalue weighted by Gasteiger charge is 2.24. The van der Waals surface area contributed by atoms with Crippen LogP contribution in [0.25, 0.3) is 0 Å². The summed E-state index contributed by atoms with van der Waals surface area (Å²) >= 11 is 5.81. The number of benzene rings is 2. The zero-order valence-corrected chi connectivity index (χ0v) is 15.4. The van der Waals surface area contributed by atoms with Crippen molar-refractivity contribution in [2.45, 2.75) is 30.2 Å². The van der Waals surface area contributed by atoms with Crippen molar-refractivity contribution in [3.8, 4) is 5.75 Å². The SMILES string of the molecule is O=C(O)COc1ccc2c(c1)CC(NS(=O)(=O)c1ccc(Cl)cc1)CC2. The number of sulfonamides is 1. The molecular weight excluding hydrogens is 378 g/mol. The molecule has 0 radical (unpaired) electrons. The Labute approximate surface area is 156 Å². The summed E-state index contributed by atoms with van der Waals surface area (Å²) < 4.78 is 33.0. The fourth-order valence-corrected chi connectivity index (χ4v) is 4.37. The van der Waals surface area contributed by atoms with Crippen LogP contribution in [0.3, 0.4) is 0 Å². The van der Waals surface area contributed by atoms with Crippen LogP contribution in [0.4, 0.5) is 0 Å². The number of nitrogens with one attached hydrogen (secondary N) is 1. The molecule has 2 aromatic rings. The van der Waals surface area contributed by atoms with E-state index in [1.54, 1.807) is 24.3 Å². The molecule has 1 aliphatic rings. The van der Waals surface area contributed by atoms with Gasteiger partial charge in [-0.3, -0.25) is 0 Å². The minimum atomic E-state index is -3.63. The highest BCUT2D eigenvalue weighted by atomic mass is 35.5. The maximum Gasteiger partial charge on any atom is 0.341 e. The Balaban J connectivity index is 1.72. The molecule has 0 fully saturated rings. The van der Waals surface area contributed by atoms with Crippen molar-refractivity contribution >= 4 is 27.6 Å². The predicted molar refractivity (Wildman–Crippen MR) is 97.2 cm³/mol. The average Bonchev–Trinajstić information content (AvgIpc) is 2.59. The molecule has 1 aliphatic carbocycles. The van der Waals surface area contributed by atoms with Gasteiger partial charge in [-0.05, 0) is 66.8 Å². The second-order valence-electron chi connectivity index (χ2n) is 6.13. The van der Waals surface area contributed by atoms with Crippen molar-refractivity contribution in [2.24, 2.45) is 0 Å². The zero-order valence-electron chi connectivity index (χ0n) is 13.8. The molecule has 26 heavy (non-hydrogen) atoms. The molecule has 8 heteroatoms. The van der Waals surface area contributed by atoms with Gasteiger partial charge in [0.1, 0.15) is 5.75 Å². The lowest BCUT2D eigenvalue weighted by atomic mass is 9.89. The van der Waals surface area contributed by atoms with Gasteiger partial charge in [0.2, 0.25) is 10.0 Å². The lowest BCUT2D eigenvalue weighted by Crippen LogP contribution is -2.38. The summed E-state index contributed by atoms with van der Waals surface area (Å²) in [6.45, 7) is -0.411. The molecule has 6 nitrogen and oxygen atoms in total. The van der Waals surface area contributed by atoms with E-state index in [9.17, 15) is 13.2 Å². The van der Waals surface area contributed by atoms with Crippen LogP contribution in [0.5, 0.6) is 5.75 Å². The van der Waals surface area contributed by atoms with Crippen LogP contribution >= 0.6 is 11.6 Å². The van der Waals surface area contributed by atoms with Gasteiger partial charge in [0.15, 0.2) is 6.61 Å². The number of ether oxygens (including phenoxy) is 1. The molecule has 0 amide bonds. The predicted octanol–water partition coefficient (Wildman–Crippen LogP) is 2.64. The minimum Gasteiger partial charge on any atom is -0.482 e. The molecule has 2 N–H and O–H groups in total. The molecule has 0 spiro atoms. The van der Waals surface area contributed by atoms with E-state index in [1.807, 2.05) is 6.07 Å². The van der Waals surface area contributed by atoms with Gasteiger partial charge in [0.05, 0.1) is 4.90 Å². The number of fused-ring (bicyclic) bond motifs is 1. The third kappa shape index (κ3) is 4.55. The van der Waals surface area contributed by atoms with E-state index in [4.69, 9.17) is 21.4 Å². The van der Waals surface area contributed by atoms with Crippen molar-refractivity contribution in [3.63, 3.8) is 0 Å². The van der Waals surface area contributed by atoms with Crippen LogP contribution in [0.2, 0.25) is 5.02 Å². The number of carbonyl (C=O) groups is 1. The van der Waals surface area contributed by atoms with E-state index in [2.05, 4.69) is 4.72 Å². The van der Waals surface area contributed by atoms with Gasteiger partial charge in [-0.2, -0.15) is 0 Å². The van der Waals surface area contributed by atoms with Gasteiger partial charge in [0.25, 0.3) is 0 Å². The van der Waals surface area contributed by atoms with Gasteiger partial charge in [-0.25, -0.2) is 17.9 Å². The number of carboxylic acids is 1. The summed E-state index contributed by atoms with van der Waals surface area (Å²) in [4.78, 5) is 10.8. The van der Waals surface area contributed by atoms with Gasteiger partial charge < -0.3 is 9.84 Å². The molecule has 0 saturated carbocycles. The van der Waals surface area contributed by atoms with E-state index >= 15 is 0 Å². The second kappa shape index (κ2) is 7.65. The topological polar surface area (TPSA) is 92.7 Å². The maximum atomic E-state index is 12.5. The summed E-state index contributed by atoms with van der Waals surface area (Å²) in [6, 6.07) is 11.2. The molecule has 1 atom stereocenters. The van der Waals surface area contributed by atoms with Gasteiger partial charge in [-0.1, -0.05) is 17.7 Å². The third-order valence-corrected chi connectivity index (χ3v) is 6.00. The number of rotatable bonds is 6. The molecular formula is C18H18ClNO5S. The summed E-state index contributed by atoms with van der Waals surface area (Å²) in [6.07, 6.45) is 1.95. The highest BCUT2D eigenvalue weighted by Crippen LogP contribution is 2.26. The van der Waals surface area contributed by atoms with Crippen molar-refractivity contribution in [1.82, 2.24) is 4.72 Å². The normalized spacial score (nSPS) is 16.7. The Morgan fingerprint density at radius 2 is 1.92 bits per heavy atom. The van der Waals surface area contributed by atoms with Gasteiger partial charge in [0, 0.05) is 11.1 Å². The molecule has 0 bridgehead atoms. The first-order valence-corrected chi connectivity index (χ1v) is 9.94. The van der Waals surface area contributed by atoms with Crippen molar-refractivity contribution in [3.05, 3.63) is 58.6 Å². The highest BCUT2D eigenvalue weighted by molar-refractivity contribution is 7.89. The van der Waals surface area contributed by atoms with Crippen molar-refractivity contribution in [1.29, 1.82) is 0 Å². The van der Waals surface area contributed by atoms with Crippen LogP contribution in [0, 0.1) is 0 Å². The molecule has 0 aromatic heterocycles. The van der Waals surface area contributed by atoms with E-state index in [0.717, 1.165) is 17.5 Å². The zero-order chi connectivity index (χ0) is 18.7. The number of aliphatic carboxylic acids is 1. The van der Waals surface area contributed by atoms with E-state index < -0.39 is 22.6 Å². The summed E-state index contributed by atoms with van der Waals surface area (Å²) in [7, 11) is -3.63. The van der Waals surface area contributed by atoms with Crippen LogP contribution in [0.15, 0.2) is 47.4 Å². The smallest absolute Gasteiger partial charge is 0.341 e. The lowest BCUT2D eigenvalue weighted by molar-refractivity contribution is -0.139. The van der Waals surface area contributed by atoms with E-state index in [0.29, 0.717) is 23.6 Å². The Morgan fingerprint density at radius 3 is 2.62 bits per heavy atom.